The summed E-state index contributed by atoms with van der Waals surface area (Å²) in [5, 5.41) is 11.5. The largest absolute Gasteiger partial charge is 0.478 e. The number of nitrogens with zero attached hydrogens (tertiary/aromatic N) is 5. The molecule has 0 fully saturated rings. The summed E-state index contributed by atoms with van der Waals surface area (Å²) in [6.07, 6.45) is 10.3. The van der Waals surface area contributed by atoms with Gasteiger partial charge in [0.15, 0.2) is 5.78 Å². The van der Waals surface area contributed by atoms with Gasteiger partial charge in [0.2, 0.25) is 0 Å². The molecule has 2 N–H and O–H groups in total. The first kappa shape index (κ1) is 25.6. The Bertz CT molecular complexity index is 1670. The number of rotatable bonds is 2. The van der Waals surface area contributed by atoms with E-state index in [2.05, 4.69) is 54.6 Å². The van der Waals surface area contributed by atoms with Gasteiger partial charge in [-0.2, -0.15) is 0 Å². The van der Waals surface area contributed by atoms with Crippen LogP contribution in [0.5, 0.6) is 0 Å². The molecule has 6 aromatic heterocycles. The molecule has 0 aliphatic carbocycles. The summed E-state index contributed by atoms with van der Waals surface area (Å²) in [7, 11) is 4.99. The maximum atomic E-state index is 11.1. The van der Waals surface area contributed by atoms with Crippen LogP contribution in [0.4, 0.5) is 0 Å². The first-order valence-electron chi connectivity index (χ1n) is 10.5. The van der Waals surface area contributed by atoms with Gasteiger partial charge < -0.3 is 18.8 Å². The fraction of sp³-hybridized carbons (Fsp3) is 0.0417. The number of halogens is 1. The fourth-order valence-electron chi connectivity index (χ4n) is 3.54. The van der Waals surface area contributed by atoms with Crippen LogP contribution in [0.25, 0.3) is 33.1 Å². The number of hydrogen-bond donors (Lipinski definition) is 2. The van der Waals surface area contributed by atoms with Gasteiger partial charge in [0, 0.05) is 63.4 Å². The average Bonchev–Trinajstić information content (AvgIpc) is 3.54. The van der Waals surface area contributed by atoms with Gasteiger partial charge in [0.05, 0.1) is 5.56 Å². The topological polar surface area (TPSA) is 119 Å². The van der Waals surface area contributed by atoms with Gasteiger partial charge in [-0.15, -0.1) is 0 Å². The summed E-state index contributed by atoms with van der Waals surface area (Å²) in [6.45, 7) is 1.55. The lowest BCUT2D eigenvalue weighted by Crippen LogP contribution is -1.93. The molecule has 0 saturated carbocycles. The number of aromatic carboxylic acids is 1. The number of hydrogen-bond acceptors (Lipinski definition) is 5. The number of H-pyrrole nitrogens is 1. The minimum atomic E-state index is -0.931. The summed E-state index contributed by atoms with van der Waals surface area (Å²) >= 11 is 3.44. The van der Waals surface area contributed by atoms with Crippen molar-refractivity contribution < 1.29 is 14.7 Å². The normalized spacial score (nSPS) is 10.6. The number of carboxylic acids is 1. The second-order valence-corrected chi connectivity index (χ2v) is 9.51. The van der Waals surface area contributed by atoms with Crippen molar-refractivity contribution in [3.63, 3.8) is 0 Å². The molecule has 2 unspecified atom stereocenters. The Morgan fingerprint density at radius 3 is 2.03 bits per heavy atom. The van der Waals surface area contributed by atoms with Crippen molar-refractivity contribution in [2.24, 2.45) is 0 Å². The third-order valence-corrected chi connectivity index (χ3v) is 6.61. The molecule has 0 bridgehead atoms. The van der Waals surface area contributed by atoms with Gasteiger partial charge in [0.1, 0.15) is 16.9 Å². The highest BCUT2D eigenvalue weighted by molar-refractivity contribution is 9.10. The van der Waals surface area contributed by atoms with E-state index in [1.165, 1.54) is 6.20 Å². The van der Waals surface area contributed by atoms with E-state index in [0.29, 0.717) is 16.6 Å². The molecular formula is C24H21BrN6O3P2. The van der Waals surface area contributed by atoms with Gasteiger partial charge in [-0.1, -0.05) is 0 Å². The van der Waals surface area contributed by atoms with Gasteiger partial charge >= 0.3 is 5.97 Å². The minimum absolute atomic E-state index is 0.0641. The van der Waals surface area contributed by atoms with Crippen LogP contribution in [0, 0.1) is 0 Å². The average molecular weight is 583 g/mol. The molecule has 0 saturated heterocycles. The summed E-state index contributed by atoms with van der Waals surface area (Å²) in [4.78, 5) is 37.1. The van der Waals surface area contributed by atoms with Crippen LogP contribution in [0.15, 0.2) is 78.1 Å². The van der Waals surface area contributed by atoms with Crippen molar-refractivity contribution in [3.05, 3.63) is 89.2 Å². The quantitative estimate of drug-likeness (QED) is 0.203. The summed E-state index contributed by atoms with van der Waals surface area (Å²) in [5.41, 5.74) is 3.38. The maximum absolute atomic E-state index is 11.1. The Hall–Kier alpha value is -3.45. The molecule has 36 heavy (non-hydrogen) atoms. The molecular weight excluding hydrogens is 562 g/mol. The molecule has 0 aliphatic heterocycles. The fourth-order valence-corrected chi connectivity index (χ4v) is 5.00. The first-order chi connectivity index (χ1) is 17.3. The van der Waals surface area contributed by atoms with Gasteiger partial charge in [-0.25, -0.2) is 19.7 Å². The highest BCUT2D eigenvalue weighted by atomic mass is 79.9. The van der Waals surface area contributed by atoms with Crippen molar-refractivity contribution in [2.45, 2.75) is 6.92 Å². The van der Waals surface area contributed by atoms with Crippen LogP contribution < -0.4 is 0 Å². The Morgan fingerprint density at radius 1 is 0.861 bits per heavy atom. The van der Waals surface area contributed by atoms with Gasteiger partial charge in [-0.05, 0) is 78.0 Å². The Morgan fingerprint density at radius 2 is 1.42 bits per heavy atom. The molecule has 0 radical (unpaired) electrons. The number of fused-ring (bicyclic) bond motifs is 3. The molecule has 6 heterocycles. The van der Waals surface area contributed by atoms with Gasteiger partial charge in [-0.3, -0.25) is 4.79 Å². The number of carbonyl (C=O) groups excluding carboxylic acids is 1. The van der Waals surface area contributed by atoms with Crippen molar-refractivity contribution in [2.75, 3.05) is 0 Å². The smallest absolute Gasteiger partial charge is 0.337 e. The third-order valence-electron chi connectivity index (χ3n) is 5.19. The number of Topliss-reactive ketones (excluding diaryl/α,β-unsaturated/α-hetero) is 1. The molecule has 6 rings (SSSR count). The van der Waals surface area contributed by atoms with E-state index in [-0.39, 0.29) is 11.3 Å². The van der Waals surface area contributed by atoms with Crippen LogP contribution in [0.2, 0.25) is 0 Å². The number of ketones is 1. The van der Waals surface area contributed by atoms with Crippen LogP contribution in [0.1, 0.15) is 27.6 Å². The van der Waals surface area contributed by atoms with E-state index in [4.69, 9.17) is 5.11 Å². The number of carboxylic acid groups (broad SMARTS) is 1. The lowest BCUT2D eigenvalue weighted by molar-refractivity contribution is 0.0698. The van der Waals surface area contributed by atoms with Crippen molar-refractivity contribution in [3.8, 4) is 0 Å². The highest BCUT2D eigenvalue weighted by Crippen LogP contribution is 2.25. The predicted molar refractivity (Wildman–Crippen MR) is 150 cm³/mol. The lowest BCUT2D eigenvalue weighted by atomic mass is 10.2. The Kier molecular flexibility index (Phi) is 7.89. The van der Waals surface area contributed by atoms with Crippen LogP contribution in [-0.2, 0) is 0 Å². The zero-order valence-corrected chi connectivity index (χ0v) is 22.9. The van der Waals surface area contributed by atoms with E-state index in [1.807, 2.05) is 34.8 Å². The van der Waals surface area contributed by atoms with E-state index in [1.54, 1.807) is 48.2 Å². The number of aromatic nitrogens is 6. The monoisotopic (exact) mass is 582 g/mol. The number of pyridine rings is 3. The number of carbonyl (C=O) groups is 2. The predicted octanol–water partition coefficient (Wildman–Crippen LogP) is 5.58. The van der Waals surface area contributed by atoms with Crippen molar-refractivity contribution >= 4 is 79.6 Å². The summed E-state index contributed by atoms with van der Waals surface area (Å²) < 4.78 is 4.62. The third kappa shape index (κ3) is 5.36. The molecule has 9 nitrogen and oxygen atoms in total. The van der Waals surface area contributed by atoms with Crippen LogP contribution in [0.3, 0.4) is 0 Å². The second-order valence-electron chi connectivity index (χ2n) is 7.55. The zero-order valence-electron chi connectivity index (χ0n) is 19.0. The van der Waals surface area contributed by atoms with E-state index < -0.39 is 5.97 Å². The number of aromatic amines is 1. The second kappa shape index (κ2) is 11.1. The lowest BCUT2D eigenvalue weighted by Gasteiger charge is -1.91. The standard InChI is InChI=1S/C9H8N2O.C8H7N2O2P.C7H6BrN2P/c1-6(12)8-5-11-9-7(8)3-2-4-10-9;11-8(12)6-4-10(13)7-5(6)2-1-3-9-7;8-6-4-10(11)7-5(6)2-1-3-9-7/h2-5H,1H3,(H,10,11);1-4H,13H2,(H,11,12);1-4H,11H2. The molecule has 12 heteroatoms. The Balaban J connectivity index is 0.000000127. The SMILES string of the molecule is CC(=O)c1c[nH]c2ncccc12.O=C(O)c1cn(P)c2ncccc12.Pn1cc(Br)c2cccnc21. The molecule has 0 spiro atoms. The molecule has 2 atom stereocenters. The van der Waals surface area contributed by atoms with E-state index >= 15 is 0 Å². The summed E-state index contributed by atoms with van der Waals surface area (Å²) in [5.74, 6) is -0.867. The summed E-state index contributed by atoms with van der Waals surface area (Å²) in [6, 6.07) is 11.1. The molecule has 0 amide bonds. The zero-order chi connectivity index (χ0) is 25.8. The Labute approximate surface area is 218 Å². The molecule has 0 aromatic carbocycles. The maximum Gasteiger partial charge on any atom is 0.337 e. The highest BCUT2D eigenvalue weighted by Gasteiger charge is 2.12. The van der Waals surface area contributed by atoms with Crippen molar-refractivity contribution in [1.82, 2.24) is 28.6 Å². The van der Waals surface area contributed by atoms with Crippen LogP contribution in [-0.4, -0.2) is 45.5 Å². The minimum Gasteiger partial charge on any atom is -0.478 e. The van der Waals surface area contributed by atoms with E-state index in [0.717, 1.165) is 26.5 Å². The van der Waals surface area contributed by atoms with Crippen LogP contribution >= 0.6 is 34.7 Å². The van der Waals surface area contributed by atoms with Crippen molar-refractivity contribution in [1.29, 1.82) is 0 Å². The molecule has 6 aromatic rings. The van der Waals surface area contributed by atoms with Gasteiger partial charge in [0.25, 0.3) is 0 Å². The first-order valence-corrected chi connectivity index (χ1v) is 12.3. The molecule has 0 aliphatic rings. The van der Waals surface area contributed by atoms with E-state index in [9.17, 15) is 9.59 Å². The number of nitrogens with one attached hydrogen (secondary N) is 1. The molecule has 182 valence electrons.